The molecule has 5 heteroatoms. The van der Waals surface area contributed by atoms with Crippen LogP contribution in [-0.4, -0.2) is 18.7 Å². The van der Waals surface area contributed by atoms with Gasteiger partial charge in [-0.05, 0) is 58.7 Å². The van der Waals surface area contributed by atoms with Crippen molar-refractivity contribution in [3.63, 3.8) is 0 Å². The average Bonchev–Trinajstić information content (AvgIpc) is 3.05. The Labute approximate surface area is 259 Å². The van der Waals surface area contributed by atoms with Crippen LogP contribution in [0.4, 0.5) is 11.4 Å². The highest BCUT2D eigenvalue weighted by Gasteiger charge is 2.13. The third kappa shape index (κ3) is 7.39. The zero-order valence-electron chi connectivity index (χ0n) is 25.1. The molecule has 0 radical (unpaired) electrons. The highest BCUT2D eigenvalue weighted by Crippen LogP contribution is 2.30. The van der Waals surface area contributed by atoms with Crippen molar-refractivity contribution < 1.29 is 0 Å². The maximum Gasteiger partial charge on any atom is 0.154 e. The zero-order valence-corrected chi connectivity index (χ0v) is 25.1. The lowest BCUT2D eigenvalue weighted by molar-refractivity contribution is 0.925. The molecule has 0 heterocycles. The highest BCUT2D eigenvalue weighted by molar-refractivity contribution is 6.14. The van der Waals surface area contributed by atoms with Crippen LogP contribution in [0, 0.1) is 12.3 Å². The van der Waals surface area contributed by atoms with Gasteiger partial charge in [0.2, 0.25) is 0 Å². The molecule has 0 amide bonds. The van der Waals surface area contributed by atoms with Crippen molar-refractivity contribution in [3.8, 4) is 11.1 Å². The van der Waals surface area contributed by atoms with E-state index in [1.807, 2.05) is 92.0 Å². The van der Waals surface area contributed by atoms with Gasteiger partial charge in [-0.3, -0.25) is 5.41 Å². The van der Waals surface area contributed by atoms with Crippen molar-refractivity contribution in [2.24, 2.45) is 10.7 Å². The smallest absolute Gasteiger partial charge is 0.154 e. The van der Waals surface area contributed by atoms with Crippen molar-refractivity contribution in [2.75, 3.05) is 17.7 Å². The van der Waals surface area contributed by atoms with Gasteiger partial charge in [0.15, 0.2) is 5.84 Å². The van der Waals surface area contributed by atoms with Gasteiger partial charge in [-0.1, -0.05) is 127 Å². The number of para-hydroxylation sites is 2. The second-order valence-corrected chi connectivity index (χ2v) is 10.7. The predicted octanol–water partition coefficient (Wildman–Crippen LogP) is 8.45. The second kappa shape index (κ2) is 14.0. The minimum atomic E-state index is 0.135. The Kier molecular flexibility index (Phi) is 9.48. The van der Waals surface area contributed by atoms with Crippen molar-refractivity contribution in [1.29, 1.82) is 5.41 Å². The molecule has 0 saturated carbocycles. The molecule has 0 saturated heterocycles. The fourth-order valence-electron chi connectivity index (χ4n) is 5.05. The quantitative estimate of drug-likeness (QED) is 0.106. The molecule has 0 fully saturated rings. The van der Waals surface area contributed by atoms with E-state index in [4.69, 9.17) is 16.9 Å². The van der Waals surface area contributed by atoms with Gasteiger partial charge in [-0.25, -0.2) is 4.99 Å². The van der Waals surface area contributed by atoms with Gasteiger partial charge in [-0.15, -0.1) is 0 Å². The highest BCUT2D eigenvalue weighted by atomic mass is 15.1. The molecule has 218 valence electrons. The van der Waals surface area contributed by atoms with E-state index in [-0.39, 0.29) is 5.84 Å². The minimum Gasteiger partial charge on any atom is -0.397 e. The maximum absolute atomic E-state index is 8.45. The van der Waals surface area contributed by atoms with Crippen LogP contribution in [0.1, 0.15) is 22.3 Å². The number of fused-ring (bicyclic) bond motifs is 1. The fraction of sp³-hybridized carbons (Fsp3) is 0.0769. The summed E-state index contributed by atoms with van der Waals surface area (Å²) in [7, 11) is 2.04. The molecule has 6 rings (SSSR count). The van der Waals surface area contributed by atoms with Gasteiger partial charge >= 0.3 is 0 Å². The van der Waals surface area contributed by atoms with E-state index in [9.17, 15) is 0 Å². The Balaban J connectivity index is 0.000000484. The Hall–Kier alpha value is -5.68. The summed E-state index contributed by atoms with van der Waals surface area (Å²) in [5.74, 6) is 0.453. The largest absolute Gasteiger partial charge is 0.397 e. The summed E-state index contributed by atoms with van der Waals surface area (Å²) in [4.78, 5) is 6.61. The lowest BCUT2D eigenvalue weighted by Crippen LogP contribution is -2.18. The first kappa shape index (κ1) is 29.8. The van der Waals surface area contributed by atoms with Crippen LogP contribution in [-0.2, 0) is 6.54 Å². The zero-order chi connectivity index (χ0) is 30.9. The standard InChI is InChI=1S/C32H29N5.C7H8/c1-37(30-14-8-7-13-29(30)33)21-22-15-17-23(18-16-22)27-19-25-11-5-6-12-26(25)20-28(27)32(35)36-31(34)24-9-3-2-4-10-24;1-7-5-3-2-4-6-7/h2-20H,21,33H2,1H3,(H3,34,35,36);2-6H,1H3. The molecular formula is C39H37N5. The number of anilines is 2. The number of nitrogen functional groups attached to an aromatic ring is 1. The number of rotatable bonds is 6. The summed E-state index contributed by atoms with van der Waals surface area (Å²) in [6, 6.07) is 48.4. The van der Waals surface area contributed by atoms with E-state index in [0.717, 1.165) is 50.9 Å². The summed E-state index contributed by atoms with van der Waals surface area (Å²) in [6.45, 7) is 2.82. The van der Waals surface area contributed by atoms with E-state index in [1.54, 1.807) is 0 Å². The van der Waals surface area contributed by atoms with Gasteiger partial charge in [0.25, 0.3) is 0 Å². The molecule has 44 heavy (non-hydrogen) atoms. The molecule has 0 atom stereocenters. The normalized spacial score (nSPS) is 11.0. The monoisotopic (exact) mass is 575 g/mol. The summed E-state index contributed by atoms with van der Waals surface area (Å²) >= 11 is 0. The predicted molar refractivity (Wildman–Crippen MR) is 188 cm³/mol. The van der Waals surface area contributed by atoms with Gasteiger partial charge in [0.1, 0.15) is 5.84 Å². The van der Waals surface area contributed by atoms with Crippen LogP contribution in [0.5, 0.6) is 0 Å². The number of amidine groups is 2. The third-order valence-corrected chi connectivity index (χ3v) is 7.41. The number of benzene rings is 6. The number of aryl methyl sites for hydroxylation is 1. The van der Waals surface area contributed by atoms with E-state index in [1.165, 1.54) is 11.1 Å². The van der Waals surface area contributed by atoms with Gasteiger partial charge in [-0.2, -0.15) is 0 Å². The van der Waals surface area contributed by atoms with E-state index >= 15 is 0 Å². The first-order valence-corrected chi connectivity index (χ1v) is 14.6. The lowest BCUT2D eigenvalue weighted by Gasteiger charge is -2.21. The van der Waals surface area contributed by atoms with Gasteiger partial charge in [0, 0.05) is 24.7 Å². The van der Waals surface area contributed by atoms with Crippen LogP contribution >= 0.6 is 0 Å². The third-order valence-electron chi connectivity index (χ3n) is 7.41. The SMILES string of the molecule is CN(Cc1ccc(-c2cc3ccccc3cc2C(N)=NC(=N)c2ccccc2)cc1)c1ccccc1N.Cc1ccccc1. The lowest BCUT2D eigenvalue weighted by atomic mass is 9.94. The molecule has 6 aromatic carbocycles. The van der Waals surface area contributed by atoms with Gasteiger partial charge < -0.3 is 16.4 Å². The van der Waals surface area contributed by atoms with Crippen molar-refractivity contribution in [3.05, 3.63) is 168 Å². The van der Waals surface area contributed by atoms with Crippen LogP contribution in [0.15, 0.2) is 151 Å². The number of hydrogen-bond acceptors (Lipinski definition) is 3. The Morgan fingerprint density at radius 3 is 1.89 bits per heavy atom. The number of nitrogens with two attached hydrogens (primary N) is 2. The molecule has 5 nitrogen and oxygen atoms in total. The topological polar surface area (TPSA) is 91.5 Å². The van der Waals surface area contributed by atoms with Crippen molar-refractivity contribution in [1.82, 2.24) is 0 Å². The number of nitrogens with one attached hydrogen (secondary N) is 1. The molecule has 0 aliphatic heterocycles. The second-order valence-electron chi connectivity index (χ2n) is 10.7. The van der Waals surface area contributed by atoms with E-state index in [2.05, 4.69) is 77.5 Å². The molecule has 0 aliphatic rings. The minimum absolute atomic E-state index is 0.135. The fourth-order valence-corrected chi connectivity index (χ4v) is 5.05. The van der Waals surface area contributed by atoms with Crippen LogP contribution in [0.25, 0.3) is 21.9 Å². The number of aliphatic imine (C=N–C) groups is 1. The molecule has 6 aromatic rings. The van der Waals surface area contributed by atoms with Crippen molar-refractivity contribution >= 4 is 33.8 Å². The number of nitrogens with zero attached hydrogens (tertiary/aromatic N) is 2. The molecular weight excluding hydrogens is 538 g/mol. The summed E-state index contributed by atoms with van der Waals surface area (Å²) in [6.07, 6.45) is 0. The average molecular weight is 576 g/mol. The Morgan fingerprint density at radius 1 is 0.705 bits per heavy atom. The van der Waals surface area contributed by atoms with E-state index < -0.39 is 0 Å². The first-order valence-electron chi connectivity index (χ1n) is 14.6. The molecule has 0 spiro atoms. The Bertz CT molecular complexity index is 1880. The van der Waals surface area contributed by atoms with Crippen molar-refractivity contribution in [2.45, 2.75) is 13.5 Å². The first-order chi connectivity index (χ1) is 21.4. The van der Waals surface area contributed by atoms with Crippen LogP contribution < -0.4 is 16.4 Å². The number of hydrogen-bond donors (Lipinski definition) is 3. The van der Waals surface area contributed by atoms with Crippen LogP contribution in [0.2, 0.25) is 0 Å². The molecule has 0 bridgehead atoms. The van der Waals surface area contributed by atoms with E-state index in [0.29, 0.717) is 5.84 Å². The molecule has 0 aromatic heterocycles. The molecule has 0 aliphatic carbocycles. The summed E-state index contributed by atoms with van der Waals surface area (Å²) < 4.78 is 0. The summed E-state index contributed by atoms with van der Waals surface area (Å²) in [5.41, 5.74) is 20.5. The summed E-state index contributed by atoms with van der Waals surface area (Å²) in [5, 5.41) is 10.6. The van der Waals surface area contributed by atoms with Crippen LogP contribution in [0.3, 0.4) is 0 Å². The molecule has 0 unspecified atom stereocenters. The van der Waals surface area contributed by atoms with Gasteiger partial charge in [0.05, 0.1) is 11.4 Å². The molecule has 5 N–H and O–H groups in total. The Morgan fingerprint density at radius 2 is 1.27 bits per heavy atom. The maximum atomic E-state index is 8.45.